The van der Waals surface area contributed by atoms with Crippen LogP contribution >= 0.6 is 0 Å². The molecule has 0 aromatic carbocycles. The first-order chi connectivity index (χ1) is 6.07. The fourth-order valence-corrected chi connectivity index (χ4v) is 1.41. The first-order valence-electron chi connectivity index (χ1n) is 3.85. The van der Waals surface area contributed by atoms with Gasteiger partial charge in [-0.15, -0.1) is 0 Å². The van der Waals surface area contributed by atoms with Gasteiger partial charge < -0.3 is 9.67 Å². The highest BCUT2D eigenvalue weighted by atomic mass is 16.4. The van der Waals surface area contributed by atoms with E-state index in [1.54, 1.807) is 19.9 Å². The number of nitriles is 1. The van der Waals surface area contributed by atoms with Crippen LogP contribution in [0.1, 0.15) is 21.7 Å². The Morgan fingerprint density at radius 3 is 2.77 bits per heavy atom. The number of hydrogen-bond donors (Lipinski definition) is 1. The third-order valence-electron chi connectivity index (χ3n) is 1.93. The molecule has 0 fully saturated rings. The summed E-state index contributed by atoms with van der Waals surface area (Å²) in [5.74, 6) is -0.985. The Bertz CT molecular complexity index is 385. The molecule has 1 N–H and O–H groups in total. The number of aromatic carboxylic acids is 1. The van der Waals surface area contributed by atoms with Gasteiger partial charge in [-0.1, -0.05) is 0 Å². The molecule has 0 atom stereocenters. The third kappa shape index (κ3) is 1.54. The van der Waals surface area contributed by atoms with Crippen LogP contribution in [0.2, 0.25) is 0 Å². The van der Waals surface area contributed by atoms with E-state index in [9.17, 15) is 4.79 Å². The fourth-order valence-electron chi connectivity index (χ4n) is 1.41. The number of aromatic nitrogens is 1. The maximum absolute atomic E-state index is 10.8. The van der Waals surface area contributed by atoms with Gasteiger partial charge in [0.05, 0.1) is 6.07 Å². The quantitative estimate of drug-likeness (QED) is 0.742. The minimum Gasteiger partial charge on any atom is -0.477 e. The average Bonchev–Trinajstić information content (AvgIpc) is 2.27. The molecule has 4 heteroatoms. The summed E-state index contributed by atoms with van der Waals surface area (Å²) in [5, 5.41) is 17.4. The summed E-state index contributed by atoms with van der Waals surface area (Å²) >= 11 is 0. The lowest BCUT2D eigenvalue weighted by atomic mass is 10.2. The van der Waals surface area contributed by atoms with Crippen molar-refractivity contribution in [2.45, 2.75) is 20.4 Å². The molecule has 0 saturated carbocycles. The molecule has 0 amide bonds. The van der Waals surface area contributed by atoms with Gasteiger partial charge in [0.25, 0.3) is 0 Å². The molecule has 13 heavy (non-hydrogen) atoms. The second-order valence-electron chi connectivity index (χ2n) is 2.87. The molecule has 1 rings (SSSR count). The van der Waals surface area contributed by atoms with E-state index in [0.717, 1.165) is 5.69 Å². The molecule has 1 aromatic heterocycles. The normalized spacial score (nSPS) is 9.62. The molecule has 68 valence electrons. The second kappa shape index (κ2) is 3.31. The number of nitrogens with zero attached hydrogens (tertiary/aromatic N) is 2. The highest BCUT2D eigenvalue weighted by Gasteiger charge is 2.15. The number of aryl methyl sites for hydroxylation is 2. The van der Waals surface area contributed by atoms with Crippen molar-refractivity contribution in [3.05, 3.63) is 23.0 Å². The molecule has 1 heterocycles. The van der Waals surface area contributed by atoms with Crippen molar-refractivity contribution in [3.63, 3.8) is 0 Å². The Hall–Kier alpha value is -1.76. The molecule has 4 nitrogen and oxygen atoms in total. The minimum atomic E-state index is -0.985. The summed E-state index contributed by atoms with van der Waals surface area (Å²) in [6.07, 6.45) is 0. The van der Waals surface area contributed by atoms with Crippen LogP contribution in [0.15, 0.2) is 6.07 Å². The van der Waals surface area contributed by atoms with Gasteiger partial charge in [-0.2, -0.15) is 5.26 Å². The van der Waals surface area contributed by atoms with Gasteiger partial charge >= 0.3 is 5.97 Å². The van der Waals surface area contributed by atoms with Crippen LogP contribution in [0.4, 0.5) is 0 Å². The lowest BCUT2D eigenvalue weighted by molar-refractivity contribution is 0.0685. The van der Waals surface area contributed by atoms with E-state index in [2.05, 4.69) is 0 Å². The van der Waals surface area contributed by atoms with E-state index >= 15 is 0 Å². The second-order valence-corrected chi connectivity index (χ2v) is 2.87. The first kappa shape index (κ1) is 9.33. The van der Waals surface area contributed by atoms with E-state index < -0.39 is 5.97 Å². The van der Waals surface area contributed by atoms with Gasteiger partial charge in [-0.3, -0.25) is 0 Å². The molecule has 0 unspecified atom stereocenters. The van der Waals surface area contributed by atoms with Crippen molar-refractivity contribution < 1.29 is 9.90 Å². The standard InChI is InChI=1S/C9H10N2O2/c1-6-5-7(2)11(4-3-10)8(6)9(12)13/h5H,4H2,1-2H3,(H,12,13). The van der Waals surface area contributed by atoms with Crippen molar-refractivity contribution in [1.82, 2.24) is 4.57 Å². The number of carbonyl (C=O) groups is 1. The topological polar surface area (TPSA) is 66.0 Å². The summed E-state index contributed by atoms with van der Waals surface area (Å²) in [5.41, 5.74) is 1.70. The Labute approximate surface area is 76.0 Å². The largest absolute Gasteiger partial charge is 0.477 e. The number of carboxylic acid groups (broad SMARTS) is 1. The summed E-state index contributed by atoms with van der Waals surface area (Å²) in [7, 11) is 0. The van der Waals surface area contributed by atoms with E-state index in [4.69, 9.17) is 10.4 Å². The molecular weight excluding hydrogens is 168 g/mol. The number of carboxylic acids is 1. The Morgan fingerprint density at radius 1 is 1.69 bits per heavy atom. The van der Waals surface area contributed by atoms with E-state index in [0.29, 0.717) is 5.56 Å². The van der Waals surface area contributed by atoms with Crippen LogP contribution in [0.3, 0.4) is 0 Å². The first-order valence-corrected chi connectivity index (χ1v) is 3.85. The van der Waals surface area contributed by atoms with Crippen LogP contribution < -0.4 is 0 Å². The van der Waals surface area contributed by atoms with Gasteiger partial charge in [-0.05, 0) is 25.5 Å². The van der Waals surface area contributed by atoms with Crippen LogP contribution in [0, 0.1) is 25.2 Å². The zero-order valence-electron chi connectivity index (χ0n) is 7.53. The Kier molecular flexibility index (Phi) is 2.38. The highest BCUT2D eigenvalue weighted by molar-refractivity contribution is 5.87. The lowest BCUT2D eigenvalue weighted by Crippen LogP contribution is -2.10. The summed E-state index contributed by atoms with van der Waals surface area (Å²) in [6.45, 7) is 3.60. The van der Waals surface area contributed by atoms with E-state index in [1.807, 2.05) is 6.07 Å². The summed E-state index contributed by atoms with van der Waals surface area (Å²) in [4.78, 5) is 10.8. The zero-order chi connectivity index (χ0) is 10.0. The third-order valence-corrected chi connectivity index (χ3v) is 1.93. The van der Waals surface area contributed by atoms with Crippen molar-refractivity contribution in [3.8, 4) is 6.07 Å². The Balaban J connectivity index is 3.31. The molecule has 0 aliphatic rings. The van der Waals surface area contributed by atoms with Gasteiger partial charge in [0.1, 0.15) is 12.2 Å². The maximum Gasteiger partial charge on any atom is 0.352 e. The molecular formula is C9H10N2O2. The van der Waals surface area contributed by atoms with Crippen molar-refractivity contribution in [2.24, 2.45) is 0 Å². The number of rotatable bonds is 2. The molecule has 0 bridgehead atoms. The Morgan fingerprint density at radius 2 is 2.31 bits per heavy atom. The highest BCUT2D eigenvalue weighted by Crippen LogP contribution is 2.14. The molecule has 0 aliphatic carbocycles. The summed E-state index contributed by atoms with van der Waals surface area (Å²) in [6, 6.07) is 3.70. The SMILES string of the molecule is Cc1cc(C)n(CC#N)c1C(=O)O. The smallest absolute Gasteiger partial charge is 0.352 e. The van der Waals surface area contributed by atoms with Gasteiger partial charge in [0.15, 0.2) is 0 Å². The monoisotopic (exact) mass is 178 g/mol. The average molecular weight is 178 g/mol. The fraction of sp³-hybridized carbons (Fsp3) is 0.333. The molecule has 0 spiro atoms. The van der Waals surface area contributed by atoms with Gasteiger partial charge in [-0.25, -0.2) is 4.79 Å². The van der Waals surface area contributed by atoms with Crippen LogP contribution in [0.25, 0.3) is 0 Å². The van der Waals surface area contributed by atoms with Gasteiger partial charge in [0, 0.05) is 5.69 Å². The van der Waals surface area contributed by atoms with E-state index in [-0.39, 0.29) is 12.2 Å². The summed E-state index contributed by atoms with van der Waals surface area (Å²) < 4.78 is 1.50. The molecule has 1 aromatic rings. The van der Waals surface area contributed by atoms with Crippen molar-refractivity contribution in [2.75, 3.05) is 0 Å². The van der Waals surface area contributed by atoms with Crippen LogP contribution in [0.5, 0.6) is 0 Å². The zero-order valence-corrected chi connectivity index (χ0v) is 7.53. The maximum atomic E-state index is 10.8. The molecule has 0 saturated heterocycles. The molecule has 0 radical (unpaired) electrons. The van der Waals surface area contributed by atoms with Gasteiger partial charge in [0.2, 0.25) is 0 Å². The van der Waals surface area contributed by atoms with Crippen LogP contribution in [-0.4, -0.2) is 15.6 Å². The lowest BCUT2D eigenvalue weighted by Gasteiger charge is -2.03. The van der Waals surface area contributed by atoms with E-state index in [1.165, 1.54) is 4.57 Å². The predicted octanol–water partition coefficient (Wildman–Crippen LogP) is 1.33. The van der Waals surface area contributed by atoms with Crippen molar-refractivity contribution >= 4 is 5.97 Å². The molecule has 0 aliphatic heterocycles. The predicted molar refractivity (Wildman–Crippen MR) is 46.5 cm³/mol. The minimum absolute atomic E-state index is 0.0846. The number of hydrogen-bond acceptors (Lipinski definition) is 2. The van der Waals surface area contributed by atoms with Crippen molar-refractivity contribution in [1.29, 1.82) is 5.26 Å². The van der Waals surface area contributed by atoms with Crippen LogP contribution in [-0.2, 0) is 6.54 Å².